The smallest absolute Gasteiger partial charge is 0.264 e. The van der Waals surface area contributed by atoms with Gasteiger partial charge in [0.15, 0.2) is 0 Å². The molecule has 0 saturated heterocycles. The third-order valence-corrected chi connectivity index (χ3v) is 7.71. The first-order valence-electron chi connectivity index (χ1n) is 12.1. The highest BCUT2D eigenvalue weighted by atomic mass is 35.5. The lowest BCUT2D eigenvalue weighted by molar-refractivity contribution is 0.0938. The van der Waals surface area contributed by atoms with Gasteiger partial charge in [-0.2, -0.15) is 0 Å². The van der Waals surface area contributed by atoms with Crippen LogP contribution in [0.5, 0.6) is 0 Å². The van der Waals surface area contributed by atoms with Gasteiger partial charge in [-0.05, 0) is 60.9 Å². The van der Waals surface area contributed by atoms with Crippen LogP contribution in [0.2, 0.25) is 5.02 Å². The molecule has 4 aromatic rings. The molecule has 0 saturated carbocycles. The molecular weight excluding hydrogens is 526 g/mol. The molecule has 0 unspecified atom stereocenters. The van der Waals surface area contributed by atoms with E-state index in [4.69, 9.17) is 16.7 Å². The Morgan fingerprint density at radius 1 is 0.974 bits per heavy atom. The molecule has 1 atom stereocenters. The van der Waals surface area contributed by atoms with Crippen molar-refractivity contribution in [3.8, 4) is 0 Å². The molecule has 0 spiro atoms. The second kappa shape index (κ2) is 11.8. The number of aromatic nitrogens is 1. The van der Waals surface area contributed by atoms with Crippen LogP contribution in [0.4, 0.5) is 0 Å². The van der Waals surface area contributed by atoms with E-state index in [0.717, 1.165) is 22.0 Å². The molecule has 0 aliphatic carbocycles. The minimum atomic E-state index is -3.83. The van der Waals surface area contributed by atoms with Gasteiger partial charge in [0, 0.05) is 35.3 Å². The van der Waals surface area contributed by atoms with Crippen molar-refractivity contribution in [3.05, 3.63) is 106 Å². The summed E-state index contributed by atoms with van der Waals surface area (Å²) in [6.07, 6.45) is 1.99. The number of rotatable bonds is 10. The lowest BCUT2D eigenvalue weighted by atomic mass is 10.0. The van der Waals surface area contributed by atoms with Gasteiger partial charge in [-0.15, -0.1) is 0 Å². The number of halogens is 1. The van der Waals surface area contributed by atoms with Gasteiger partial charge in [-0.1, -0.05) is 48.0 Å². The Bertz CT molecular complexity index is 1550. The molecule has 0 radical (unpaired) electrons. The molecular formula is C28H28ClN3O5S. The van der Waals surface area contributed by atoms with E-state index in [0.29, 0.717) is 17.1 Å². The molecule has 4 rings (SSSR count). The summed E-state index contributed by atoms with van der Waals surface area (Å²) >= 11 is 6.01. The predicted molar refractivity (Wildman–Crippen MR) is 148 cm³/mol. The molecule has 0 aliphatic rings. The fourth-order valence-corrected chi connectivity index (χ4v) is 5.29. The Morgan fingerprint density at radius 2 is 1.68 bits per heavy atom. The third kappa shape index (κ3) is 6.61. The summed E-state index contributed by atoms with van der Waals surface area (Å²) in [5.74, 6) is -1.33. The van der Waals surface area contributed by atoms with Crippen molar-refractivity contribution in [1.82, 2.24) is 14.6 Å². The molecule has 3 aromatic carbocycles. The molecule has 3 N–H and O–H groups in total. The standard InChI is InChI=1S/C28H28ClN3O5S/c1-19(21-8-10-23(11-9-21)27(34)31-38(36,37)17-3-16-33)30-28(35)25-5-2-4-22-14-15-32(26(22)25)18-20-6-12-24(29)13-7-20/h2,4-15,19,33H,3,16-18H2,1H3,(H,30,35)(H,31,34)/t19-/m0/s1. The number of sulfonamides is 1. The Hall–Kier alpha value is -3.66. The van der Waals surface area contributed by atoms with Crippen molar-refractivity contribution in [2.24, 2.45) is 0 Å². The van der Waals surface area contributed by atoms with E-state index in [1.807, 2.05) is 64.9 Å². The van der Waals surface area contributed by atoms with E-state index >= 15 is 0 Å². The Morgan fingerprint density at radius 3 is 2.37 bits per heavy atom. The summed E-state index contributed by atoms with van der Waals surface area (Å²) in [4.78, 5) is 25.6. The van der Waals surface area contributed by atoms with E-state index in [2.05, 4.69) is 5.32 Å². The summed E-state index contributed by atoms with van der Waals surface area (Å²) in [5.41, 5.74) is 3.34. The fraction of sp³-hybridized carbons (Fsp3) is 0.214. The van der Waals surface area contributed by atoms with Crippen LogP contribution >= 0.6 is 11.6 Å². The maximum absolute atomic E-state index is 13.3. The summed E-state index contributed by atoms with van der Waals surface area (Å²) in [6.45, 7) is 2.13. The number of amides is 2. The van der Waals surface area contributed by atoms with Crippen LogP contribution in [0.1, 0.15) is 51.2 Å². The van der Waals surface area contributed by atoms with E-state index in [1.165, 1.54) is 12.1 Å². The molecule has 1 aromatic heterocycles. The van der Waals surface area contributed by atoms with Crippen molar-refractivity contribution in [1.29, 1.82) is 0 Å². The van der Waals surface area contributed by atoms with Crippen molar-refractivity contribution in [2.75, 3.05) is 12.4 Å². The van der Waals surface area contributed by atoms with Crippen LogP contribution in [-0.2, 0) is 16.6 Å². The lowest BCUT2D eigenvalue weighted by Gasteiger charge is -2.16. The van der Waals surface area contributed by atoms with Crippen molar-refractivity contribution in [2.45, 2.75) is 25.9 Å². The molecule has 0 aliphatic heterocycles. The number of fused-ring (bicyclic) bond motifs is 1. The number of hydrogen-bond donors (Lipinski definition) is 3. The molecule has 0 fully saturated rings. The topological polar surface area (TPSA) is 118 Å². The second-order valence-corrected chi connectivity index (χ2v) is 11.2. The van der Waals surface area contributed by atoms with Crippen LogP contribution in [0.3, 0.4) is 0 Å². The van der Waals surface area contributed by atoms with Crippen LogP contribution < -0.4 is 10.0 Å². The molecule has 198 valence electrons. The van der Waals surface area contributed by atoms with Crippen LogP contribution in [0.15, 0.2) is 79.0 Å². The van der Waals surface area contributed by atoms with E-state index in [1.54, 1.807) is 18.2 Å². The minimum absolute atomic E-state index is 0.0400. The maximum atomic E-state index is 13.3. The molecule has 8 nitrogen and oxygen atoms in total. The number of aliphatic hydroxyl groups is 1. The first kappa shape index (κ1) is 27.4. The molecule has 2 amide bonds. The van der Waals surface area contributed by atoms with E-state index < -0.39 is 15.9 Å². The van der Waals surface area contributed by atoms with Crippen molar-refractivity contribution >= 4 is 44.3 Å². The number of benzene rings is 3. The lowest BCUT2D eigenvalue weighted by Crippen LogP contribution is -2.32. The highest BCUT2D eigenvalue weighted by Gasteiger charge is 2.18. The van der Waals surface area contributed by atoms with Gasteiger partial charge in [0.1, 0.15) is 0 Å². The van der Waals surface area contributed by atoms with Gasteiger partial charge in [0.2, 0.25) is 10.0 Å². The Labute approximate surface area is 226 Å². The zero-order valence-electron chi connectivity index (χ0n) is 20.7. The molecule has 10 heteroatoms. The highest BCUT2D eigenvalue weighted by molar-refractivity contribution is 7.90. The van der Waals surface area contributed by atoms with E-state index in [9.17, 15) is 18.0 Å². The summed E-state index contributed by atoms with van der Waals surface area (Å²) in [6, 6.07) is 21.1. The van der Waals surface area contributed by atoms with Crippen molar-refractivity contribution < 1.29 is 23.1 Å². The van der Waals surface area contributed by atoms with Gasteiger partial charge in [0.25, 0.3) is 11.8 Å². The van der Waals surface area contributed by atoms with Gasteiger partial charge in [-0.3, -0.25) is 9.59 Å². The number of hydrogen-bond acceptors (Lipinski definition) is 5. The van der Waals surface area contributed by atoms with Crippen LogP contribution in [0.25, 0.3) is 10.9 Å². The monoisotopic (exact) mass is 553 g/mol. The summed E-state index contributed by atoms with van der Waals surface area (Å²) in [7, 11) is -3.83. The summed E-state index contributed by atoms with van der Waals surface area (Å²) < 4.78 is 27.9. The number of nitrogens with one attached hydrogen (secondary N) is 2. The van der Waals surface area contributed by atoms with Crippen LogP contribution in [0, 0.1) is 0 Å². The van der Waals surface area contributed by atoms with Gasteiger partial charge in [0.05, 0.1) is 22.9 Å². The maximum Gasteiger partial charge on any atom is 0.264 e. The molecule has 1 heterocycles. The quantitative estimate of drug-likeness (QED) is 0.271. The molecule has 0 bridgehead atoms. The zero-order chi connectivity index (χ0) is 27.3. The summed E-state index contributed by atoms with van der Waals surface area (Å²) in [5, 5.41) is 13.4. The van der Waals surface area contributed by atoms with Crippen molar-refractivity contribution in [3.63, 3.8) is 0 Å². The predicted octanol–water partition coefficient (Wildman–Crippen LogP) is 4.28. The largest absolute Gasteiger partial charge is 0.396 e. The first-order chi connectivity index (χ1) is 18.2. The van der Waals surface area contributed by atoms with Gasteiger partial charge >= 0.3 is 0 Å². The Balaban J connectivity index is 1.47. The second-order valence-electron chi connectivity index (χ2n) is 8.96. The molecule has 38 heavy (non-hydrogen) atoms. The first-order valence-corrected chi connectivity index (χ1v) is 14.1. The van der Waals surface area contributed by atoms with E-state index in [-0.39, 0.29) is 36.3 Å². The third-order valence-electron chi connectivity index (χ3n) is 6.14. The van der Waals surface area contributed by atoms with Crippen LogP contribution in [-0.4, -0.2) is 42.3 Å². The average molecular weight is 554 g/mol. The number of nitrogens with zero attached hydrogens (tertiary/aromatic N) is 1. The Kier molecular flexibility index (Phi) is 8.51. The number of carbonyl (C=O) groups is 2. The minimum Gasteiger partial charge on any atom is -0.396 e. The fourth-order valence-electron chi connectivity index (χ4n) is 4.15. The normalized spacial score (nSPS) is 12.3. The number of para-hydroxylation sites is 1. The highest BCUT2D eigenvalue weighted by Crippen LogP contribution is 2.23. The van der Waals surface area contributed by atoms with Gasteiger partial charge < -0.3 is 15.0 Å². The number of aliphatic hydroxyl groups excluding tert-OH is 1. The van der Waals surface area contributed by atoms with Gasteiger partial charge in [-0.25, -0.2) is 13.1 Å². The average Bonchev–Trinajstić information content (AvgIpc) is 3.31. The number of carbonyl (C=O) groups excluding carboxylic acids is 2. The SMILES string of the molecule is C[C@H](NC(=O)c1cccc2ccn(Cc3ccc(Cl)cc3)c12)c1ccc(C(=O)NS(=O)(=O)CCCO)cc1. The zero-order valence-corrected chi connectivity index (χ0v) is 22.3.